The van der Waals surface area contributed by atoms with Crippen LogP contribution < -0.4 is 15.4 Å². The Morgan fingerprint density at radius 1 is 1.12 bits per heavy atom. The molecule has 1 aromatic heterocycles. The van der Waals surface area contributed by atoms with E-state index in [0.29, 0.717) is 17.2 Å². The van der Waals surface area contributed by atoms with Crippen LogP contribution in [0.3, 0.4) is 0 Å². The molecule has 2 N–H and O–H groups in total. The van der Waals surface area contributed by atoms with Gasteiger partial charge < -0.3 is 19.8 Å². The number of methoxy groups -OCH3 is 1. The summed E-state index contributed by atoms with van der Waals surface area (Å²) in [4.78, 5) is 12.7. The molecule has 1 heterocycles. The zero-order valence-electron chi connectivity index (χ0n) is 14.6. The second-order valence-electron chi connectivity index (χ2n) is 6.26. The third-order valence-electron chi connectivity index (χ3n) is 3.84. The number of carbonyl (C=O) groups excluding carboxylic acids is 1. The molecule has 0 aliphatic carbocycles. The fourth-order valence-corrected chi connectivity index (χ4v) is 2.55. The Hall–Kier alpha value is -2.95. The molecule has 0 saturated carbocycles. The van der Waals surface area contributed by atoms with Crippen molar-refractivity contribution >= 4 is 28.3 Å². The summed E-state index contributed by atoms with van der Waals surface area (Å²) in [6, 6.07) is 14.8. The summed E-state index contributed by atoms with van der Waals surface area (Å²) in [7, 11) is 1.61. The minimum absolute atomic E-state index is 0.285. The van der Waals surface area contributed by atoms with Crippen LogP contribution in [-0.4, -0.2) is 19.6 Å². The highest BCUT2D eigenvalue weighted by Crippen LogP contribution is 2.31. The van der Waals surface area contributed by atoms with E-state index < -0.39 is 0 Å². The van der Waals surface area contributed by atoms with E-state index in [1.165, 1.54) is 0 Å². The van der Waals surface area contributed by atoms with Gasteiger partial charge in [-0.25, -0.2) is 0 Å². The first kappa shape index (κ1) is 16.9. The van der Waals surface area contributed by atoms with Gasteiger partial charge in [-0.15, -0.1) is 0 Å². The van der Waals surface area contributed by atoms with Crippen LogP contribution in [0, 0.1) is 5.92 Å². The van der Waals surface area contributed by atoms with Gasteiger partial charge in [0.2, 0.25) is 5.76 Å². The van der Waals surface area contributed by atoms with E-state index in [9.17, 15) is 4.79 Å². The van der Waals surface area contributed by atoms with Gasteiger partial charge in [-0.2, -0.15) is 0 Å². The molecule has 0 unspecified atom stereocenters. The fraction of sp³-hybridized carbons (Fsp3) is 0.250. The van der Waals surface area contributed by atoms with Crippen molar-refractivity contribution in [1.29, 1.82) is 0 Å². The number of amides is 1. The number of ether oxygens (including phenoxy) is 1. The van der Waals surface area contributed by atoms with Crippen molar-refractivity contribution in [2.24, 2.45) is 5.92 Å². The first-order chi connectivity index (χ1) is 12.1. The number of anilines is 2. The van der Waals surface area contributed by atoms with Crippen LogP contribution in [0.2, 0.25) is 0 Å². The molecule has 2 aromatic carbocycles. The van der Waals surface area contributed by atoms with Gasteiger partial charge in [0.25, 0.3) is 5.91 Å². The van der Waals surface area contributed by atoms with Crippen LogP contribution in [-0.2, 0) is 0 Å². The van der Waals surface area contributed by atoms with E-state index >= 15 is 0 Å². The molecular formula is C20H22N2O3. The van der Waals surface area contributed by atoms with E-state index in [4.69, 9.17) is 9.15 Å². The monoisotopic (exact) mass is 338 g/mol. The maximum atomic E-state index is 12.7. The van der Waals surface area contributed by atoms with Crippen LogP contribution in [0.4, 0.5) is 11.4 Å². The normalized spacial score (nSPS) is 10.9. The third-order valence-corrected chi connectivity index (χ3v) is 3.84. The molecule has 130 valence electrons. The average Bonchev–Trinajstić information content (AvgIpc) is 2.99. The Balaban J connectivity index is 1.89. The van der Waals surface area contributed by atoms with Gasteiger partial charge in [-0.05, 0) is 42.3 Å². The fourth-order valence-electron chi connectivity index (χ4n) is 2.55. The van der Waals surface area contributed by atoms with E-state index in [1.807, 2.05) is 24.3 Å². The van der Waals surface area contributed by atoms with Crippen molar-refractivity contribution in [1.82, 2.24) is 0 Å². The second kappa shape index (κ2) is 7.30. The highest BCUT2D eigenvalue weighted by molar-refractivity contribution is 6.11. The molecule has 3 aromatic rings. The van der Waals surface area contributed by atoms with Crippen molar-refractivity contribution in [2.75, 3.05) is 24.3 Å². The van der Waals surface area contributed by atoms with Gasteiger partial charge >= 0.3 is 0 Å². The molecule has 3 rings (SSSR count). The topological polar surface area (TPSA) is 63.5 Å². The maximum Gasteiger partial charge on any atom is 0.293 e. The lowest BCUT2D eigenvalue weighted by molar-refractivity contribution is 0.0999. The van der Waals surface area contributed by atoms with E-state index in [-0.39, 0.29) is 11.7 Å². The Morgan fingerprint density at radius 3 is 2.52 bits per heavy atom. The Bertz CT molecular complexity index is 866. The molecule has 0 radical (unpaired) electrons. The summed E-state index contributed by atoms with van der Waals surface area (Å²) in [5.41, 5.74) is 2.10. The molecular weight excluding hydrogens is 316 g/mol. The number of hydrogen-bond acceptors (Lipinski definition) is 4. The van der Waals surface area contributed by atoms with Crippen molar-refractivity contribution in [2.45, 2.75) is 13.8 Å². The smallest absolute Gasteiger partial charge is 0.293 e. The predicted molar refractivity (Wildman–Crippen MR) is 100 cm³/mol. The van der Waals surface area contributed by atoms with E-state index in [2.05, 4.69) is 24.5 Å². The number of furan rings is 1. The lowest BCUT2D eigenvalue weighted by Crippen LogP contribution is -2.15. The van der Waals surface area contributed by atoms with Gasteiger partial charge in [0, 0.05) is 17.6 Å². The van der Waals surface area contributed by atoms with Crippen molar-refractivity contribution < 1.29 is 13.9 Å². The molecule has 25 heavy (non-hydrogen) atoms. The van der Waals surface area contributed by atoms with E-state index in [0.717, 1.165) is 23.4 Å². The number of para-hydroxylation sites is 1. The summed E-state index contributed by atoms with van der Waals surface area (Å²) in [6.07, 6.45) is 0. The molecule has 1 amide bonds. The first-order valence-corrected chi connectivity index (χ1v) is 8.29. The number of nitrogens with one attached hydrogen (secondary N) is 2. The number of rotatable bonds is 6. The van der Waals surface area contributed by atoms with Gasteiger partial charge in [0.1, 0.15) is 11.3 Å². The number of fused-ring (bicyclic) bond motifs is 1. The first-order valence-electron chi connectivity index (χ1n) is 8.29. The number of benzene rings is 2. The Kier molecular flexibility index (Phi) is 4.93. The molecule has 5 heteroatoms. The summed E-state index contributed by atoms with van der Waals surface area (Å²) in [6.45, 7) is 4.99. The molecule has 0 aliphatic rings. The molecule has 0 saturated heterocycles. The van der Waals surface area contributed by atoms with Crippen LogP contribution >= 0.6 is 0 Å². The lowest BCUT2D eigenvalue weighted by Gasteiger charge is -2.10. The Labute approximate surface area is 147 Å². The van der Waals surface area contributed by atoms with Crippen molar-refractivity contribution in [3.63, 3.8) is 0 Å². The summed E-state index contributed by atoms with van der Waals surface area (Å²) in [5.74, 6) is 1.19. The quantitative estimate of drug-likeness (QED) is 0.680. The molecule has 0 bridgehead atoms. The lowest BCUT2D eigenvalue weighted by atomic mass is 10.2. The maximum absolute atomic E-state index is 12.7. The van der Waals surface area contributed by atoms with Crippen LogP contribution in [0.15, 0.2) is 52.9 Å². The van der Waals surface area contributed by atoms with E-state index in [1.54, 1.807) is 31.4 Å². The summed E-state index contributed by atoms with van der Waals surface area (Å²) in [5, 5.41) is 7.12. The predicted octanol–water partition coefficient (Wildman–Crippen LogP) is 4.76. The largest absolute Gasteiger partial charge is 0.497 e. The zero-order valence-corrected chi connectivity index (χ0v) is 14.6. The average molecular weight is 338 g/mol. The van der Waals surface area contributed by atoms with Gasteiger partial charge in [-0.1, -0.05) is 26.0 Å². The zero-order chi connectivity index (χ0) is 17.8. The molecule has 5 nitrogen and oxygen atoms in total. The minimum atomic E-state index is -0.285. The molecule has 0 fully saturated rings. The molecule has 0 spiro atoms. The number of hydrogen-bond donors (Lipinski definition) is 2. The van der Waals surface area contributed by atoms with Gasteiger partial charge in [0.15, 0.2) is 0 Å². The van der Waals surface area contributed by atoms with Gasteiger partial charge in [-0.3, -0.25) is 4.79 Å². The minimum Gasteiger partial charge on any atom is -0.497 e. The number of carbonyl (C=O) groups is 1. The molecule has 0 aliphatic heterocycles. The van der Waals surface area contributed by atoms with Crippen LogP contribution in [0.1, 0.15) is 24.4 Å². The third kappa shape index (κ3) is 3.76. The molecule has 0 atom stereocenters. The highest BCUT2D eigenvalue weighted by Gasteiger charge is 2.20. The van der Waals surface area contributed by atoms with Gasteiger partial charge in [0.05, 0.1) is 12.8 Å². The summed E-state index contributed by atoms with van der Waals surface area (Å²) >= 11 is 0. The Morgan fingerprint density at radius 2 is 1.84 bits per heavy atom. The van der Waals surface area contributed by atoms with Crippen molar-refractivity contribution in [3.05, 3.63) is 54.3 Å². The second-order valence-corrected chi connectivity index (χ2v) is 6.26. The van der Waals surface area contributed by atoms with Crippen LogP contribution in [0.25, 0.3) is 11.0 Å². The van der Waals surface area contributed by atoms with Crippen molar-refractivity contribution in [3.8, 4) is 5.75 Å². The summed E-state index contributed by atoms with van der Waals surface area (Å²) < 4.78 is 10.9. The van der Waals surface area contributed by atoms with Crippen LogP contribution in [0.5, 0.6) is 5.75 Å². The highest BCUT2D eigenvalue weighted by atomic mass is 16.5. The standard InChI is InChI=1S/C20H22N2O3/c1-13(2)12-21-18-16-6-4-5-7-17(16)25-19(18)20(23)22-14-8-10-15(24-3)11-9-14/h4-11,13,21H,12H2,1-3H3,(H,22,23). The SMILES string of the molecule is COc1ccc(NC(=O)c2oc3ccccc3c2NCC(C)C)cc1.